The third-order valence-corrected chi connectivity index (χ3v) is 5.21. The third-order valence-electron chi connectivity index (χ3n) is 5.21. The van der Waals surface area contributed by atoms with Gasteiger partial charge in [0.1, 0.15) is 5.75 Å². The van der Waals surface area contributed by atoms with Crippen molar-refractivity contribution in [3.8, 4) is 17.0 Å². The van der Waals surface area contributed by atoms with E-state index < -0.39 is 0 Å². The van der Waals surface area contributed by atoms with Crippen LogP contribution in [0.25, 0.3) is 11.3 Å². The van der Waals surface area contributed by atoms with Gasteiger partial charge in [-0.15, -0.1) is 0 Å². The first kappa shape index (κ1) is 17.7. The second kappa shape index (κ2) is 8.31. The molecular formula is C23H25N3O. The maximum atomic E-state index is 5.39. The molecule has 0 aliphatic carbocycles. The lowest BCUT2D eigenvalue weighted by atomic mass is 9.91. The summed E-state index contributed by atoms with van der Waals surface area (Å²) in [5.74, 6) is 1.25. The van der Waals surface area contributed by atoms with Gasteiger partial charge in [-0.25, -0.2) is 0 Å². The predicted octanol–water partition coefficient (Wildman–Crippen LogP) is 4.53. The van der Waals surface area contributed by atoms with E-state index in [9.17, 15) is 0 Å². The van der Waals surface area contributed by atoms with Gasteiger partial charge in [-0.05, 0) is 37.1 Å². The van der Waals surface area contributed by atoms with Gasteiger partial charge in [0.15, 0.2) is 0 Å². The van der Waals surface area contributed by atoms with Crippen molar-refractivity contribution in [1.29, 1.82) is 0 Å². The van der Waals surface area contributed by atoms with Crippen LogP contribution in [0.5, 0.6) is 5.75 Å². The van der Waals surface area contributed by atoms with Gasteiger partial charge in [0.05, 0.1) is 18.5 Å². The molecule has 0 bridgehead atoms. The molecule has 0 radical (unpaired) electrons. The molecule has 4 nitrogen and oxygen atoms in total. The van der Waals surface area contributed by atoms with Gasteiger partial charge in [-0.2, -0.15) is 0 Å². The molecule has 2 heterocycles. The summed E-state index contributed by atoms with van der Waals surface area (Å²) in [7, 11) is 1.69. The number of rotatable bonds is 5. The van der Waals surface area contributed by atoms with E-state index >= 15 is 0 Å². The minimum Gasteiger partial charge on any atom is -0.497 e. The highest BCUT2D eigenvalue weighted by Gasteiger charge is 2.25. The summed E-state index contributed by atoms with van der Waals surface area (Å²) in [6.07, 6.45) is 5.94. The normalized spacial score (nSPS) is 17.6. The zero-order valence-electron chi connectivity index (χ0n) is 15.7. The lowest BCUT2D eigenvalue weighted by Gasteiger charge is -2.33. The molecule has 138 valence electrons. The van der Waals surface area contributed by atoms with E-state index in [1.54, 1.807) is 13.3 Å². The maximum absolute atomic E-state index is 5.39. The standard InChI is InChI=1S/C23H25N3O/c1-27-21-11-5-9-19(15-21)22-23(25-13-12-24-22)20-10-6-14-26(17-20)16-18-7-3-2-4-8-18/h2-5,7-9,11-13,15,20H,6,10,14,16-17H2,1H3/t20-/m0/s1. The summed E-state index contributed by atoms with van der Waals surface area (Å²) >= 11 is 0. The number of nitrogens with zero attached hydrogens (tertiary/aromatic N) is 3. The highest BCUT2D eigenvalue weighted by Crippen LogP contribution is 2.33. The van der Waals surface area contributed by atoms with Crippen LogP contribution in [0.15, 0.2) is 67.0 Å². The highest BCUT2D eigenvalue weighted by atomic mass is 16.5. The Morgan fingerprint density at radius 3 is 2.74 bits per heavy atom. The highest BCUT2D eigenvalue weighted by molar-refractivity contribution is 5.64. The summed E-state index contributed by atoms with van der Waals surface area (Å²) < 4.78 is 5.39. The first-order valence-corrected chi connectivity index (χ1v) is 9.55. The van der Waals surface area contributed by atoms with Crippen molar-refractivity contribution >= 4 is 0 Å². The van der Waals surface area contributed by atoms with Gasteiger partial charge >= 0.3 is 0 Å². The molecule has 1 aliphatic heterocycles. The van der Waals surface area contributed by atoms with Crippen molar-refractivity contribution in [2.24, 2.45) is 0 Å². The quantitative estimate of drug-likeness (QED) is 0.671. The molecule has 0 spiro atoms. The van der Waals surface area contributed by atoms with E-state index in [2.05, 4.69) is 46.3 Å². The first-order chi connectivity index (χ1) is 13.3. The number of ether oxygens (including phenoxy) is 1. The van der Waals surface area contributed by atoms with Crippen molar-refractivity contribution in [1.82, 2.24) is 14.9 Å². The molecule has 1 atom stereocenters. The molecule has 0 N–H and O–H groups in total. The fraction of sp³-hybridized carbons (Fsp3) is 0.304. The molecule has 1 saturated heterocycles. The molecule has 27 heavy (non-hydrogen) atoms. The Morgan fingerprint density at radius 2 is 1.89 bits per heavy atom. The van der Waals surface area contributed by atoms with Crippen LogP contribution in [0, 0.1) is 0 Å². The second-order valence-corrected chi connectivity index (χ2v) is 7.08. The molecule has 1 aliphatic rings. The van der Waals surface area contributed by atoms with E-state index in [0.717, 1.165) is 48.8 Å². The zero-order chi connectivity index (χ0) is 18.5. The Labute approximate surface area is 160 Å². The van der Waals surface area contributed by atoms with Crippen molar-refractivity contribution in [3.05, 3.63) is 78.2 Å². The van der Waals surface area contributed by atoms with Crippen LogP contribution in [0.2, 0.25) is 0 Å². The van der Waals surface area contributed by atoms with Gasteiger partial charge < -0.3 is 4.74 Å². The zero-order valence-corrected chi connectivity index (χ0v) is 15.7. The number of benzene rings is 2. The van der Waals surface area contributed by atoms with E-state index in [-0.39, 0.29) is 0 Å². The monoisotopic (exact) mass is 359 g/mol. The fourth-order valence-corrected chi connectivity index (χ4v) is 3.90. The van der Waals surface area contributed by atoms with Crippen LogP contribution in [0.1, 0.15) is 30.0 Å². The Bertz CT molecular complexity index is 882. The van der Waals surface area contributed by atoms with Gasteiger partial charge in [-0.3, -0.25) is 14.9 Å². The minimum atomic E-state index is 0.400. The first-order valence-electron chi connectivity index (χ1n) is 9.55. The van der Waals surface area contributed by atoms with Crippen molar-refractivity contribution in [2.75, 3.05) is 20.2 Å². The molecule has 2 aromatic carbocycles. The molecule has 3 aromatic rings. The largest absolute Gasteiger partial charge is 0.497 e. The average Bonchev–Trinajstić information content (AvgIpc) is 2.75. The summed E-state index contributed by atoms with van der Waals surface area (Å²) in [6.45, 7) is 3.15. The summed E-state index contributed by atoms with van der Waals surface area (Å²) in [4.78, 5) is 12.0. The molecule has 0 amide bonds. The Kier molecular flexibility index (Phi) is 5.45. The van der Waals surface area contributed by atoms with Crippen LogP contribution < -0.4 is 4.74 Å². The number of piperidine rings is 1. The number of aromatic nitrogens is 2. The molecule has 0 saturated carbocycles. The van der Waals surface area contributed by atoms with Gasteiger partial charge in [0.2, 0.25) is 0 Å². The van der Waals surface area contributed by atoms with Crippen molar-refractivity contribution in [3.63, 3.8) is 0 Å². The summed E-state index contributed by atoms with van der Waals surface area (Å²) in [5, 5.41) is 0. The lowest BCUT2D eigenvalue weighted by molar-refractivity contribution is 0.198. The minimum absolute atomic E-state index is 0.400. The Hall–Kier alpha value is -2.72. The van der Waals surface area contributed by atoms with E-state index in [1.165, 1.54) is 12.0 Å². The second-order valence-electron chi connectivity index (χ2n) is 7.08. The molecular weight excluding hydrogens is 334 g/mol. The molecule has 0 unspecified atom stereocenters. The Morgan fingerprint density at radius 1 is 1.04 bits per heavy atom. The maximum Gasteiger partial charge on any atom is 0.119 e. The smallest absolute Gasteiger partial charge is 0.119 e. The van der Waals surface area contributed by atoms with Crippen molar-refractivity contribution < 1.29 is 4.74 Å². The molecule has 1 aromatic heterocycles. The number of likely N-dealkylation sites (tertiary alicyclic amines) is 1. The summed E-state index contributed by atoms with van der Waals surface area (Å²) in [5.41, 5.74) is 4.51. The fourth-order valence-electron chi connectivity index (χ4n) is 3.90. The number of hydrogen-bond acceptors (Lipinski definition) is 4. The van der Waals surface area contributed by atoms with E-state index in [0.29, 0.717) is 5.92 Å². The van der Waals surface area contributed by atoms with Gasteiger partial charge in [0.25, 0.3) is 0 Å². The predicted molar refractivity (Wildman–Crippen MR) is 108 cm³/mol. The van der Waals surface area contributed by atoms with Crippen LogP contribution in [0.3, 0.4) is 0 Å². The van der Waals surface area contributed by atoms with Crippen LogP contribution >= 0.6 is 0 Å². The molecule has 1 fully saturated rings. The topological polar surface area (TPSA) is 38.3 Å². The SMILES string of the molecule is COc1cccc(-c2nccnc2[C@H]2CCCN(Cc3ccccc3)C2)c1. The van der Waals surface area contributed by atoms with Gasteiger partial charge in [-0.1, -0.05) is 42.5 Å². The van der Waals surface area contributed by atoms with Gasteiger partial charge in [0, 0.05) is 37.0 Å². The Balaban J connectivity index is 1.57. The van der Waals surface area contributed by atoms with Crippen LogP contribution in [0.4, 0.5) is 0 Å². The average molecular weight is 359 g/mol. The van der Waals surface area contributed by atoms with Crippen LogP contribution in [-0.4, -0.2) is 35.1 Å². The van der Waals surface area contributed by atoms with E-state index in [4.69, 9.17) is 9.72 Å². The number of methoxy groups -OCH3 is 1. The van der Waals surface area contributed by atoms with Crippen LogP contribution in [-0.2, 0) is 6.54 Å². The third kappa shape index (κ3) is 4.17. The molecule has 4 rings (SSSR count). The molecule has 4 heteroatoms. The van der Waals surface area contributed by atoms with Crippen molar-refractivity contribution in [2.45, 2.75) is 25.3 Å². The number of hydrogen-bond donors (Lipinski definition) is 0. The lowest BCUT2D eigenvalue weighted by Crippen LogP contribution is -2.34. The summed E-state index contributed by atoms with van der Waals surface area (Å²) in [6, 6.07) is 18.8. The van der Waals surface area contributed by atoms with E-state index in [1.807, 2.05) is 24.4 Å².